The molecule has 3 aromatic carbocycles. The molecule has 3 heteroatoms. The molecule has 0 saturated heterocycles. The zero-order valence-corrected chi connectivity index (χ0v) is 19.0. The molecular weight excluding hydrogens is 380 g/mol. The van der Waals surface area contributed by atoms with Crippen LogP contribution >= 0.6 is 0 Å². The Labute approximate surface area is 186 Å². The molecule has 3 nitrogen and oxygen atoms in total. The summed E-state index contributed by atoms with van der Waals surface area (Å²) in [6.07, 6.45) is 2.81. The van der Waals surface area contributed by atoms with E-state index in [1.54, 1.807) is 0 Å². The molecule has 0 aliphatic rings. The zero-order valence-electron chi connectivity index (χ0n) is 19.0. The summed E-state index contributed by atoms with van der Waals surface area (Å²) in [5.74, 6) is 0.648. The van der Waals surface area contributed by atoms with Gasteiger partial charge in [-0.15, -0.1) is 6.58 Å². The van der Waals surface area contributed by atoms with Gasteiger partial charge in [-0.1, -0.05) is 88.4 Å². The van der Waals surface area contributed by atoms with Gasteiger partial charge in [-0.2, -0.15) is 0 Å². The molecule has 31 heavy (non-hydrogen) atoms. The molecule has 0 spiro atoms. The number of carbonyl (C=O) groups excluding carboxylic acids is 1. The fraction of sp³-hybridized carbons (Fsp3) is 0.179. The van der Waals surface area contributed by atoms with Gasteiger partial charge >= 0.3 is 0 Å². The number of carbonyl (C=O) groups is 1. The molecular formula is C28H34N2O. The highest BCUT2D eigenvalue weighted by Gasteiger charge is 2.08. The van der Waals surface area contributed by atoms with Crippen molar-refractivity contribution in [2.24, 2.45) is 5.92 Å². The zero-order chi connectivity index (χ0) is 23.1. The van der Waals surface area contributed by atoms with Crippen LogP contribution in [0.25, 0.3) is 16.6 Å². The lowest BCUT2D eigenvalue weighted by molar-refractivity contribution is 0.111. The lowest BCUT2D eigenvalue weighted by Crippen LogP contribution is -1.97. The third-order valence-corrected chi connectivity index (χ3v) is 4.15. The van der Waals surface area contributed by atoms with Gasteiger partial charge in [0.2, 0.25) is 0 Å². The Bertz CT molecular complexity index is 1020. The van der Waals surface area contributed by atoms with Crippen molar-refractivity contribution >= 4 is 22.9 Å². The molecule has 0 unspecified atom stereocenters. The van der Waals surface area contributed by atoms with Gasteiger partial charge in [0.15, 0.2) is 6.29 Å². The number of anilines is 1. The Balaban J connectivity index is 0.000000285. The lowest BCUT2D eigenvalue weighted by Gasteiger charge is -2.06. The summed E-state index contributed by atoms with van der Waals surface area (Å²) >= 11 is 0. The van der Waals surface area contributed by atoms with E-state index >= 15 is 0 Å². The number of nitrogen functional groups attached to an aromatic ring is 1. The van der Waals surface area contributed by atoms with Crippen LogP contribution in [0.15, 0.2) is 104 Å². The van der Waals surface area contributed by atoms with Gasteiger partial charge in [-0.25, -0.2) is 0 Å². The van der Waals surface area contributed by atoms with E-state index in [2.05, 4.69) is 20.4 Å². The summed E-state index contributed by atoms with van der Waals surface area (Å²) in [6, 6.07) is 29.3. The van der Waals surface area contributed by atoms with Crippen molar-refractivity contribution in [2.45, 2.75) is 27.7 Å². The lowest BCUT2D eigenvalue weighted by atomic mass is 10.2. The van der Waals surface area contributed by atoms with Crippen LogP contribution in [0.4, 0.5) is 5.69 Å². The van der Waals surface area contributed by atoms with Crippen LogP contribution in [0.2, 0.25) is 0 Å². The number of hydrogen-bond donors (Lipinski definition) is 1. The first kappa shape index (κ1) is 25.4. The maximum absolute atomic E-state index is 11.1. The highest BCUT2D eigenvalue weighted by molar-refractivity contribution is 5.90. The topological polar surface area (TPSA) is 48.0 Å². The van der Waals surface area contributed by atoms with E-state index in [1.165, 1.54) is 0 Å². The third kappa shape index (κ3) is 8.35. The predicted molar refractivity (Wildman–Crippen MR) is 136 cm³/mol. The number of hydrogen-bond acceptors (Lipinski definition) is 2. The van der Waals surface area contributed by atoms with Gasteiger partial charge < -0.3 is 10.3 Å². The molecule has 1 aromatic heterocycles. The highest BCUT2D eigenvalue weighted by atomic mass is 16.1. The summed E-state index contributed by atoms with van der Waals surface area (Å²) in [5, 5.41) is 1.08. The summed E-state index contributed by atoms with van der Waals surface area (Å²) in [7, 11) is 0. The minimum atomic E-state index is 0.648. The van der Waals surface area contributed by atoms with Crippen molar-refractivity contribution in [1.29, 1.82) is 0 Å². The number of aromatic nitrogens is 1. The Morgan fingerprint density at radius 2 is 1.32 bits per heavy atom. The number of nitrogens with two attached hydrogens (primary N) is 1. The first-order valence-corrected chi connectivity index (χ1v) is 10.6. The van der Waals surface area contributed by atoms with E-state index in [4.69, 9.17) is 5.73 Å². The van der Waals surface area contributed by atoms with Gasteiger partial charge in [0.25, 0.3) is 0 Å². The second-order valence-corrected chi connectivity index (χ2v) is 6.81. The van der Waals surface area contributed by atoms with Gasteiger partial charge in [0.05, 0.1) is 11.2 Å². The van der Waals surface area contributed by atoms with E-state index in [9.17, 15) is 4.79 Å². The molecule has 162 valence electrons. The molecule has 0 amide bonds. The summed E-state index contributed by atoms with van der Waals surface area (Å²) in [4.78, 5) is 11.1. The smallest absolute Gasteiger partial charge is 0.166 e. The van der Waals surface area contributed by atoms with E-state index in [1.807, 2.05) is 115 Å². The van der Waals surface area contributed by atoms with E-state index in [0.717, 1.165) is 28.6 Å². The predicted octanol–water partition coefficient (Wildman–Crippen LogP) is 7.57. The molecule has 0 aliphatic heterocycles. The van der Waals surface area contributed by atoms with Gasteiger partial charge in [-0.05, 0) is 42.3 Å². The van der Waals surface area contributed by atoms with Crippen LogP contribution < -0.4 is 5.73 Å². The monoisotopic (exact) mass is 414 g/mol. The average Bonchev–Trinajstić information content (AvgIpc) is 3.21. The Morgan fingerprint density at radius 3 is 1.77 bits per heavy atom. The van der Waals surface area contributed by atoms with Crippen LogP contribution in [0.3, 0.4) is 0 Å². The second kappa shape index (κ2) is 14.4. The molecule has 4 rings (SSSR count). The summed E-state index contributed by atoms with van der Waals surface area (Å²) < 4.78 is 1.97. The van der Waals surface area contributed by atoms with Crippen molar-refractivity contribution in [1.82, 2.24) is 4.57 Å². The van der Waals surface area contributed by atoms with Crippen LogP contribution in [-0.2, 0) is 0 Å². The van der Waals surface area contributed by atoms with Crippen molar-refractivity contribution in [3.05, 3.63) is 109 Å². The fourth-order valence-electron chi connectivity index (χ4n) is 2.58. The van der Waals surface area contributed by atoms with Crippen molar-refractivity contribution < 1.29 is 4.79 Å². The number of allylic oxidation sites excluding steroid dienone is 1. The summed E-state index contributed by atoms with van der Waals surface area (Å²) in [6.45, 7) is 11.8. The molecule has 2 N–H and O–H groups in total. The highest BCUT2D eigenvalue weighted by Crippen LogP contribution is 2.23. The second-order valence-electron chi connectivity index (χ2n) is 6.81. The van der Waals surface area contributed by atoms with E-state index in [-0.39, 0.29) is 0 Å². The molecule has 0 aliphatic carbocycles. The van der Waals surface area contributed by atoms with E-state index in [0.29, 0.717) is 11.6 Å². The Morgan fingerprint density at radius 1 is 0.839 bits per heavy atom. The van der Waals surface area contributed by atoms with Gasteiger partial charge in [-0.3, -0.25) is 4.79 Å². The average molecular weight is 415 g/mol. The van der Waals surface area contributed by atoms with Crippen molar-refractivity contribution in [2.75, 3.05) is 5.73 Å². The molecule has 0 atom stereocenters. The van der Waals surface area contributed by atoms with Crippen molar-refractivity contribution in [3.63, 3.8) is 0 Å². The normalized spacial score (nSPS) is 9.32. The number of para-hydroxylation sites is 3. The molecule has 0 fully saturated rings. The molecule has 4 aromatic rings. The van der Waals surface area contributed by atoms with E-state index < -0.39 is 0 Å². The SMILES string of the molecule is C=CC(C)C.CC.Nc1ccccc1.O=Cc1cc2ccccc2n1-c1ccccc1. The van der Waals surface area contributed by atoms with Crippen LogP contribution in [0.1, 0.15) is 38.2 Å². The Hall–Kier alpha value is -3.59. The van der Waals surface area contributed by atoms with Crippen molar-refractivity contribution in [3.8, 4) is 5.69 Å². The van der Waals surface area contributed by atoms with Gasteiger partial charge in [0.1, 0.15) is 0 Å². The first-order valence-electron chi connectivity index (χ1n) is 10.6. The van der Waals surface area contributed by atoms with Gasteiger partial charge in [0, 0.05) is 16.8 Å². The Kier molecular flexibility index (Phi) is 11.8. The van der Waals surface area contributed by atoms with Crippen LogP contribution in [-0.4, -0.2) is 10.9 Å². The largest absolute Gasteiger partial charge is 0.399 e. The molecule has 0 saturated carbocycles. The molecule has 0 radical (unpaired) electrons. The summed E-state index contributed by atoms with van der Waals surface area (Å²) in [5.41, 5.74) is 8.92. The maximum atomic E-state index is 11.1. The third-order valence-electron chi connectivity index (χ3n) is 4.15. The first-order chi connectivity index (χ1) is 15.1. The number of fused-ring (bicyclic) bond motifs is 1. The number of rotatable bonds is 3. The fourth-order valence-corrected chi connectivity index (χ4v) is 2.58. The van der Waals surface area contributed by atoms with Crippen LogP contribution in [0, 0.1) is 5.92 Å². The number of aldehydes is 1. The minimum absolute atomic E-state index is 0.648. The molecule has 1 heterocycles. The molecule has 0 bridgehead atoms. The maximum Gasteiger partial charge on any atom is 0.166 e. The number of nitrogens with zero attached hydrogens (tertiary/aromatic N) is 1. The van der Waals surface area contributed by atoms with Crippen LogP contribution in [0.5, 0.6) is 0 Å². The minimum Gasteiger partial charge on any atom is -0.399 e. The number of benzene rings is 3. The quantitative estimate of drug-likeness (QED) is 0.213. The standard InChI is InChI=1S/C15H11NO.C6H7N.C5H10.C2H6/c17-11-14-10-12-6-4-5-9-15(12)16(14)13-7-2-1-3-8-13;7-6-4-2-1-3-5-6;1-4-5(2)3;1-2/h1-11H;1-5H,7H2;4-5H,1H2,2-3H3;1-2H3.